The molecule has 3 atom stereocenters. The van der Waals surface area contributed by atoms with Gasteiger partial charge >= 0.3 is 17.9 Å². The van der Waals surface area contributed by atoms with Gasteiger partial charge in [0, 0.05) is 63.0 Å². The zero-order valence-corrected chi connectivity index (χ0v) is 47.1. The highest BCUT2D eigenvalue weighted by atomic mass is 79.9. The number of carbonyl (C=O) groups excluding carboxylic acids is 2. The normalized spacial score (nSPS) is 16.8. The van der Waals surface area contributed by atoms with E-state index in [4.69, 9.17) is 9.47 Å². The lowest BCUT2D eigenvalue weighted by Crippen LogP contribution is -2.39. The number of rotatable bonds is 16. The number of piperidine rings is 3. The van der Waals surface area contributed by atoms with E-state index in [9.17, 15) is 19.5 Å². The fourth-order valence-electron chi connectivity index (χ4n) is 9.27. The van der Waals surface area contributed by atoms with Crippen molar-refractivity contribution in [2.45, 2.75) is 92.8 Å². The zero-order valence-electron chi connectivity index (χ0n) is 45.5. The molecule has 0 spiro atoms. The number of nitrogens with zero attached hydrogens (tertiary/aromatic N) is 5. The number of aromatic nitrogens is 3. The number of pyridine rings is 3. The maximum atomic E-state index is 12.0. The number of carbonyl (C=O) groups is 3. The number of halogens is 1. The van der Waals surface area contributed by atoms with Crippen molar-refractivity contribution >= 4 is 62.7 Å². The second-order valence-electron chi connectivity index (χ2n) is 19.6. The Hall–Kier alpha value is -7.04. The molecule has 3 aromatic carbocycles. The zero-order chi connectivity index (χ0) is 54.8. The first-order valence-electron chi connectivity index (χ1n) is 27.0. The Labute approximate surface area is 464 Å². The van der Waals surface area contributed by atoms with Crippen LogP contribution in [0.3, 0.4) is 0 Å². The number of carboxylic acid groups (broad SMARTS) is 1. The molecule has 16 heteroatoms. The third-order valence-electron chi connectivity index (χ3n) is 13.4. The summed E-state index contributed by atoms with van der Waals surface area (Å²) < 4.78 is 11.1. The van der Waals surface area contributed by atoms with Gasteiger partial charge in [-0.05, 0) is 149 Å². The van der Waals surface area contributed by atoms with Crippen LogP contribution in [-0.2, 0) is 43.5 Å². The van der Waals surface area contributed by atoms with Crippen LogP contribution in [0.1, 0.15) is 85.8 Å². The van der Waals surface area contributed by atoms with Crippen LogP contribution in [0.4, 0.5) is 28.8 Å². The number of anilines is 5. The number of benzene rings is 3. The average Bonchev–Trinajstić information content (AvgIpc) is 3.45. The quantitative estimate of drug-likeness (QED) is 0.0577. The molecule has 0 bridgehead atoms. The Balaban J connectivity index is 0.000000174. The van der Waals surface area contributed by atoms with Gasteiger partial charge in [-0.2, -0.15) is 0 Å². The summed E-state index contributed by atoms with van der Waals surface area (Å²) in [6.07, 6.45) is 11.1. The summed E-state index contributed by atoms with van der Waals surface area (Å²) in [6, 6.07) is 37.2. The monoisotopic (exact) mass is 1110 g/mol. The highest BCUT2D eigenvalue weighted by Gasteiger charge is 2.28. The van der Waals surface area contributed by atoms with Gasteiger partial charge in [0.2, 0.25) is 0 Å². The van der Waals surface area contributed by atoms with E-state index in [-0.39, 0.29) is 29.7 Å². The van der Waals surface area contributed by atoms with Gasteiger partial charge in [0.1, 0.15) is 17.5 Å². The second-order valence-corrected chi connectivity index (χ2v) is 20.6. The summed E-state index contributed by atoms with van der Waals surface area (Å²) in [5, 5.41) is 22.3. The van der Waals surface area contributed by atoms with Crippen molar-refractivity contribution in [3.05, 3.63) is 166 Å². The predicted molar refractivity (Wildman–Crippen MR) is 312 cm³/mol. The molecule has 3 fully saturated rings. The van der Waals surface area contributed by atoms with E-state index in [0.717, 1.165) is 118 Å². The topological polar surface area (TPSA) is 183 Å². The first-order chi connectivity index (χ1) is 37.3. The van der Waals surface area contributed by atoms with Crippen molar-refractivity contribution in [1.82, 2.24) is 20.3 Å². The molecule has 410 valence electrons. The van der Waals surface area contributed by atoms with Crippen LogP contribution < -0.4 is 31.1 Å². The van der Waals surface area contributed by atoms with Crippen molar-refractivity contribution in [3.8, 4) is 0 Å². The Bertz CT molecular complexity index is 2720. The molecule has 3 aromatic heterocycles. The molecule has 6 aromatic rings. The number of hydrogen-bond donors (Lipinski definition) is 5. The van der Waals surface area contributed by atoms with Gasteiger partial charge in [0.05, 0.1) is 54.7 Å². The maximum absolute atomic E-state index is 12.0. The lowest BCUT2D eigenvalue weighted by molar-refractivity contribution is -0.149. The first-order valence-corrected chi connectivity index (χ1v) is 27.8. The average molecular weight is 1110 g/mol. The molecule has 77 heavy (non-hydrogen) atoms. The van der Waals surface area contributed by atoms with E-state index in [1.54, 1.807) is 6.20 Å². The van der Waals surface area contributed by atoms with Gasteiger partial charge in [-0.15, -0.1) is 0 Å². The number of esters is 2. The molecule has 0 radical (unpaired) electrons. The number of hydrogen-bond acceptors (Lipinski definition) is 14. The largest absolute Gasteiger partial charge is 0.481 e. The molecule has 0 aliphatic carbocycles. The fourth-order valence-corrected chi connectivity index (χ4v) is 9.50. The summed E-state index contributed by atoms with van der Waals surface area (Å²) in [5.41, 5.74) is 9.56. The predicted octanol–water partition coefficient (Wildman–Crippen LogP) is 11.4. The van der Waals surface area contributed by atoms with Crippen molar-refractivity contribution in [1.29, 1.82) is 0 Å². The minimum absolute atomic E-state index is 0.0391. The standard InChI is InChI=1S/C21H27N3O2.C19H23N3O2.C13H13BrN2.C8H15NO2/c1-3-26-21(25)18-8-5-11-24(15-18)19-9-10-20(23-14-19)22-13-17-7-4-6-16(2)12-17;1-14-4-2-5-15(10-14)11-20-18-8-7-17(12-21-18)22-9-3-6-16(13-22)19(23)24;1-10-3-2-4-11(7-10)8-15-13-6-5-12(14)9-16-13;1-2-11-8(10)7-4-3-5-9-6-7/h4,6-7,9-10,12,14,18H,3,5,8,11,13,15H2,1-2H3,(H,22,23);2,4-5,7-8,10,12,16H,3,6,9,11,13H2,1H3,(H,20,21)(H,23,24);2-7,9H,8H2,1H3,(H,15,16);7,9H,2-6H2,1H3. The highest BCUT2D eigenvalue weighted by Crippen LogP contribution is 2.26. The Morgan fingerprint density at radius 1 is 0.584 bits per heavy atom. The molecule has 9 rings (SSSR count). The van der Waals surface area contributed by atoms with Gasteiger partial charge in [-0.3, -0.25) is 14.4 Å². The van der Waals surface area contributed by atoms with Crippen LogP contribution in [0.2, 0.25) is 0 Å². The summed E-state index contributed by atoms with van der Waals surface area (Å²) in [5.74, 6) is 1.53. The number of aliphatic carboxylic acids is 1. The smallest absolute Gasteiger partial charge is 0.310 e. The minimum atomic E-state index is -0.705. The van der Waals surface area contributed by atoms with E-state index >= 15 is 0 Å². The van der Waals surface area contributed by atoms with Gasteiger partial charge in [-0.25, -0.2) is 15.0 Å². The Morgan fingerprint density at radius 2 is 1.01 bits per heavy atom. The summed E-state index contributed by atoms with van der Waals surface area (Å²) >= 11 is 3.36. The number of nitrogens with one attached hydrogen (secondary N) is 4. The molecule has 3 unspecified atom stereocenters. The van der Waals surface area contributed by atoms with E-state index in [1.165, 1.54) is 33.4 Å². The molecule has 0 saturated carbocycles. The summed E-state index contributed by atoms with van der Waals surface area (Å²) in [7, 11) is 0. The van der Waals surface area contributed by atoms with E-state index in [0.29, 0.717) is 26.3 Å². The summed E-state index contributed by atoms with van der Waals surface area (Å²) in [4.78, 5) is 51.9. The lowest BCUT2D eigenvalue weighted by Gasteiger charge is -2.33. The molecule has 15 nitrogen and oxygen atoms in total. The van der Waals surface area contributed by atoms with Crippen molar-refractivity contribution in [2.24, 2.45) is 17.8 Å². The van der Waals surface area contributed by atoms with Gasteiger partial charge in [-0.1, -0.05) is 89.5 Å². The molecule has 6 heterocycles. The third-order valence-corrected chi connectivity index (χ3v) is 13.8. The fraction of sp³-hybridized carbons (Fsp3) is 0.410. The molecule has 5 N–H and O–H groups in total. The molecule has 3 saturated heterocycles. The molecule has 0 amide bonds. The highest BCUT2D eigenvalue weighted by molar-refractivity contribution is 9.10. The van der Waals surface area contributed by atoms with Crippen LogP contribution in [0.15, 0.2) is 132 Å². The van der Waals surface area contributed by atoms with Crippen molar-refractivity contribution < 1.29 is 29.0 Å². The summed E-state index contributed by atoms with van der Waals surface area (Å²) in [6.45, 7) is 18.1. The van der Waals surface area contributed by atoms with Gasteiger partial charge in [0.15, 0.2) is 0 Å². The van der Waals surface area contributed by atoms with Crippen LogP contribution in [0.25, 0.3) is 0 Å². The number of carboxylic acids is 1. The van der Waals surface area contributed by atoms with Crippen LogP contribution in [0.5, 0.6) is 0 Å². The first kappa shape index (κ1) is 59.2. The number of aryl methyl sites for hydroxylation is 3. The maximum Gasteiger partial charge on any atom is 0.310 e. The minimum Gasteiger partial charge on any atom is -0.481 e. The van der Waals surface area contributed by atoms with Crippen LogP contribution in [-0.4, -0.2) is 90.4 Å². The Kier molecular flexibility index (Phi) is 24.5. The number of ether oxygens (including phenoxy) is 2. The molecule has 3 aliphatic rings. The van der Waals surface area contributed by atoms with Gasteiger partial charge in [0.25, 0.3) is 0 Å². The SMILES string of the molecule is CCOC(=O)C1CCCN(c2ccc(NCc3cccc(C)c3)nc2)C1.CCOC(=O)C1CCCNC1.Cc1cccc(CNc2ccc(Br)cn2)c1.Cc1cccc(CNc2ccc(N3CCCC(C(=O)O)C3)cn2)c1. The Morgan fingerprint density at radius 3 is 1.40 bits per heavy atom. The van der Waals surface area contributed by atoms with Crippen LogP contribution >= 0.6 is 15.9 Å². The van der Waals surface area contributed by atoms with Gasteiger partial charge < -0.3 is 45.6 Å². The van der Waals surface area contributed by atoms with Crippen molar-refractivity contribution in [3.63, 3.8) is 0 Å². The van der Waals surface area contributed by atoms with Crippen LogP contribution in [0, 0.1) is 38.5 Å². The van der Waals surface area contributed by atoms with E-state index in [2.05, 4.69) is 162 Å². The molecule has 3 aliphatic heterocycles. The molecular formula is C61H78BrN9O6. The van der Waals surface area contributed by atoms with E-state index < -0.39 is 5.97 Å². The van der Waals surface area contributed by atoms with Crippen molar-refractivity contribution in [2.75, 3.05) is 78.2 Å². The van der Waals surface area contributed by atoms with E-state index in [1.807, 2.05) is 56.6 Å². The molecular weight excluding hydrogens is 1030 g/mol. The lowest BCUT2D eigenvalue weighted by atomic mass is 9.98. The second kappa shape index (κ2) is 31.9. The third kappa shape index (κ3) is 20.8.